The Bertz CT molecular complexity index is 696. The first-order chi connectivity index (χ1) is 12.2. The number of fused-ring (bicyclic) bond motifs is 1. The minimum absolute atomic E-state index is 0.172. The Morgan fingerprint density at radius 3 is 2.64 bits per heavy atom. The summed E-state index contributed by atoms with van der Waals surface area (Å²) in [5.74, 6) is 0.764. The second kappa shape index (κ2) is 7.60. The molecule has 2 aromatic heterocycles. The third kappa shape index (κ3) is 3.68. The van der Waals surface area contributed by atoms with Gasteiger partial charge in [-0.3, -0.25) is 4.79 Å². The fourth-order valence-corrected chi connectivity index (χ4v) is 6.03. The largest absolute Gasteiger partial charge is 0.384 e. The summed E-state index contributed by atoms with van der Waals surface area (Å²) in [6.07, 6.45) is 5.93. The van der Waals surface area contributed by atoms with Gasteiger partial charge in [-0.05, 0) is 44.1 Å². The molecule has 4 heterocycles. The zero-order valence-corrected chi connectivity index (χ0v) is 16.3. The Kier molecular flexibility index (Phi) is 5.24. The number of thiophene rings is 1. The molecule has 0 aromatic carbocycles. The molecule has 2 fully saturated rings. The maximum Gasteiger partial charge on any atom is 0.264 e. The normalized spacial score (nSPS) is 19.7. The minimum Gasteiger partial charge on any atom is -0.384 e. The number of carbonyl (C=O) groups excluding carboxylic acids is 1. The number of aromatic nitrogens is 1. The molecule has 5 nitrogen and oxygen atoms in total. The summed E-state index contributed by atoms with van der Waals surface area (Å²) in [5.41, 5.74) is 0.994. The monoisotopic (exact) mass is 379 g/mol. The van der Waals surface area contributed by atoms with Crippen LogP contribution < -0.4 is 4.90 Å². The molecule has 136 valence electrons. The first kappa shape index (κ1) is 17.2. The summed E-state index contributed by atoms with van der Waals surface area (Å²) in [7, 11) is 1.75. The van der Waals surface area contributed by atoms with Gasteiger partial charge in [0.15, 0.2) is 5.13 Å². The Morgan fingerprint density at radius 1 is 1.20 bits per heavy atom. The van der Waals surface area contributed by atoms with Gasteiger partial charge in [0.05, 0.1) is 10.4 Å². The fourth-order valence-electron chi connectivity index (χ4n) is 3.74. The lowest BCUT2D eigenvalue weighted by atomic mass is 9.98. The summed E-state index contributed by atoms with van der Waals surface area (Å²) >= 11 is 3.35. The van der Waals surface area contributed by atoms with Crippen LogP contribution in [0.5, 0.6) is 0 Å². The Morgan fingerprint density at radius 2 is 1.96 bits per heavy atom. The van der Waals surface area contributed by atoms with E-state index in [0.717, 1.165) is 61.2 Å². The van der Waals surface area contributed by atoms with Gasteiger partial charge >= 0.3 is 0 Å². The van der Waals surface area contributed by atoms with Gasteiger partial charge < -0.3 is 14.5 Å². The summed E-state index contributed by atoms with van der Waals surface area (Å²) in [4.78, 5) is 22.8. The topological polar surface area (TPSA) is 45.7 Å². The van der Waals surface area contributed by atoms with E-state index in [1.54, 1.807) is 29.8 Å². The predicted molar refractivity (Wildman–Crippen MR) is 104 cm³/mol. The molecule has 4 rings (SSSR count). The summed E-state index contributed by atoms with van der Waals surface area (Å²) in [6, 6.07) is 1.99. The highest BCUT2D eigenvalue weighted by Crippen LogP contribution is 2.36. The number of methoxy groups -OCH3 is 1. The molecule has 0 saturated carbocycles. The molecular formula is C18H25N3O2S2. The van der Waals surface area contributed by atoms with E-state index < -0.39 is 0 Å². The van der Waals surface area contributed by atoms with Gasteiger partial charge in [0.25, 0.3) is 5.91 Å². The van der Waals surface area contributed by atoms with Crippen molar-refractivity contribution in [3.8, 4) is 0 Å². The van der Waals surface area contributed by atoms with E-state index in [2.05, 4.69) is 4.90 Å². The zero-order chi connectivity index (χ0) is 17.2. The number of thiazole rings is 1. The summed E-state index contributed by atoms with van der Waals surface area (Å²) in [5, 5.41) is 1.13. The molecule has 0 spiro atoms. The molecule has 0 bridgehead atoms. The first-order valence-electron chi connectivity index (χ1n) is 9.18. The van der Waals surface area contributed by atoms with Gasteiger partial charge in [-0.2, -0.15) is 0 Å². The van der Waals surface area contributed by atoms with Crippen LogP contribution in [0.4, 0.5) is 5.13 Å². The molecule has 0 atom stereocenters. The van der Waals surface area contributed by atoms with Crippen LogP contribution in [-0.4, -0.2) is 55.7 Å². The van der Waals surface area contributed by atoms with E-state index in [1.165, 1.54) is 23.3 Å². The maximum atomic E-state index is 12.8. The highest BCUT2D eigenvalue weighted by molar-refractivity contribution is 7.40. The standard InChI is InChI=1S/C18H25N3O2S2/c1-23-12-13-5-9-20(10-6-13)16(22)15-11-14-17(24-15)25-18(19-14)21-7-3-2-4-8-21/h11,13H,2-10,12H2,1H3. The molecular weight excluding hydrogens is 354 g/mol. The Hall–Kier alpha value is -1.18. The number of hydrogen-bond donors (Lipinski definition) is 0. The van der Waals surface area contributed by atoms with E-state index in [-0.39, 0.29) is 5.91 Å². The van der Waals surface area contributed by atoms with Crippen LogP contribution in [0, 0.1) is 5.92 Å². The number of hydrogen-bond acceptors (Lipinski definition) is 6. The van der Waals surface area contributed by atoms with Crippen molar-refractivity contribution in [1.29, 1.82) is 0 Å². The number of carbonyl (C=O) groups is 1. The number of ether oxygens (including phenoxy) is 1. The molecule has 0 radical (unpaired) electrons. The molecule has 2 saturated heterocycles. The maximum absolute atomic E-state index is 12.8. The van der Waals surface area contributed by atoms with Crippen LogP contribution in [0.2, 0.25) is 0 Å². The molecule has 0 aliphatic carbocycles. The third-order valence-electron chi connectivity index (χ3n) is 5.22. The SMILES string of the molecule is COCC1CCN(C(=O)c2cc3nc(N4CCCCC4)sc3s2)CC1. The highest BCUT2D eigenvalue weighted by atomic mass is 32.2. The Balaban J connectivity index is 1.43. The molecule has 2 aromatic rings. The highest BCUT2D eigenvalue weighted by Gasteiger charge is 2.25. The van der Waals surface area contributed by atoms with Crippen LogP contribution in [0.3, 0.4) is 0 Å². The second-order valence-electron chi connectivity index (χ2n) is 7.02. The lowest BCUT2D eigenvalue weighted by molar-refractivity contribution is 0.0618. The van der Waals surface area contributed by atoms with Crippen molar-refractivity contribution >= 4 is 43.2 Å². The van der Waals surface area contributed by atoms with Gasteiger partial charge in [0, 0.05) is 39.9 Å². The number of rotatable bonds is 4. The first-order valence-corrected chi connectivity index (χ1v) is 10.8. The van der Waals surface area contributed by atoms with Crippen molar-refractivity contribution in [2.75, 3.05) is 44.8 Å². The van der Waals surface area contributed by atoms with E-state index in [0.29, 0.717) is 5.92 Å². The summed E-state index contributed by atoms with van der Waals surface area (Å²) in [6.45, 7) is 4.71. The number of amides is 1. The van der Waals surface area contributed by atoms with Crippen LogP contribution in [0.25, 0.3) is 9.53 Å². The van der Waals surface area contributed by atoms with Crippen molar-refractivity contribution in [1.82, 2.24) is 9.88 Å². The smallest absolute Gasteiger partial charge is 0.264 e. The molecule has 0 N–H and O–H groups in total. The van der Waals surface area contributed by atoms with Crippen LogP contribution >= 0.6 is 22.7 Å². The fraction of sp³-hybridized carbons (Fsp3) is 0.667. The molecule has 25 heavy (non-hydrogen) atoms. The number of likely N-dealkylation sites (tertiary alicyclic amines) is 1. The van der Waals surface area contributed by atoms with Crippen molar-refractivity contribution in [3.63, 3.8) is 0 Å². The van der Waals surface area contributed by atoms with Crippen molar-refractivity contribution in [2.24, 2.45) is 5.92 Å². The number of nitrogens with zero attached hydrogens (tertiary/aromatic N) is 3. The molecule has 2 aliphatic heterocycles. The van der Waals surface area contributed by atoms with Gasteiger partial charge in [0.1, 0.15) is 4.01 Å². The van der Waals surface area contributed by atoms with Crippen LogP contribution in [0.1, 0.15) is 41.8 Å². The minimum atomic E-state index is 0.172. The van der Waals surface area contributed by atoms with E-state index in [9.17, 15) is 4.79 Å². The number of anilines is 1. The third-order valence-corrected chi connectivity index (χ3v) is 7.55. The molecule has 0 unspecified atom stereocenters. The van der Waals surface area contributed by atoms with Gasteiger partial charge in [-0.25, -0.2) is 4.98 Å². The second-order valence-corrected chi connectivity index (χ2v) is 9.31. The van der Waals surface area contributed by atoms with E-state index >= 15 is 0 Å². The average molecular weight is 380 g/mol. The average Bonchev–Trinajstić information content (AvgIpc) is 3.22. The Labute approximate surface area is 156 Å². The lowest BCUT2D eigenvalue weighted by Gasteiger charge is -2.31. The zero-order valence-electron chi connectivity index (χ0n) is 14.7. The molecule has 7 heteroatoms. The lowest BCUT2D eigenvalue weighted by Crippen LogP contribution is -2.39. The van der Waals surface area contributed by atoms with E-state index in [4.69, 9.17) is 9.72 Å². The van der Waals surface area contributed by atoms with Gasteiger partial charge in [0.2, 0.25) is 0 Å². The van der Waals surface area contributed by atoms with Gasteiger partial charge in [-0.15, -0.1) is 11.3 Å². The molecule has 1 amide bonds. The van der Waals surface area contributed by atoms with Gasteiger partial charge in [-0.1, -0.05) is 11.3 Å². The summed E-state index contributed by atoms with van der Waals surface area (Å²) < 4.78 is 6.42. The van der Waals surface area contributed by atoms with Crippen LogP contribution in [-0.2, 0) is 4.74 Å². The van der Waals surface area contributed by atoms with Crippen molar-refractivity contribution < 1.29 is 9.53 Å². The number of piperidine rings is 2. The van der Waals surface area contributed by atoms with Crippen LogP contribution in [0.15, 0.2) is 6.07 Å². The molecule has 2 aliphatic rings. The van der Waals surface area contributed by atoms with Crippen molar-refractivity contribution in [3.05, 3.63) is 10.9 Å². The van der Waals surface area contributed by atoms with E-state index in [1.807, 2.05) is 11.0 Å². The quantitative estimate of drug-likeness (QED) is 0.809. The van der Waals surface area contributed by atoms with Crippen molar-refractivity contribution in [2.45, 2.75) is 32.1 Å². The predicted octanol–water partition coefficient (Wildman–Crippen LogP) is 3.85.